The summed E-state index contributed by atoms with van der Waals surface area (Å²) in [4.78, 5) is 12.9. The molecule has 0 aromatic rings. The molecule has 0 radical (unpaired) electrons. The highest BCUT2D eigenvalue weighted by atomic mass is 16.6. The Bertz CT molecular complexity index is 192. The minimum atomic E-state index is -0.381. The van der Waals surface area contributed by atoms with Crippen molar-refractivity contribution in [3.63, 3.8) is 0 Å². The van der Waals surface area contributed by atoms with Crippen molar-refractivity contribution in [3.8, 4) is 0 Å². The maximum atomic E-state index is 11.0. The van der Waals surface area contributed by atoms with Gasteiger partial charge in [-0.3, -0.25) is 4.90 Å². The van der Waals surface area contributed by atoms with Gasteiger partial charge in [0, 0.05) is 11.5 Å². The van der Waals surface area contributed by atoms with Crippen molar-refractivity contribution in [2.45, 2.75) is 27.0 Å². The molecule has 0 aromatic heterocycles. The molecular formula is C10H19NO2. The Balaban J connectivity index is 4.45. The van der Waals surface area contributed by atoms with Crippen LogP contribution in [0.2, 0.25) is 0 Å². The molecule has 0 aromatic carbocycles. The van der Waals surface area contributed by atoms with Gasteiger partial charge in [0.05, 0.1) is 0 Å². The van der Waals surface area contributed by atoms with E-state index in [1.54, 1.807) is 0 Å². The van der Waals surface area contributed by atoms with Crippen LogP contribution in [0.1, 0.15) is 20.8 Å². The zero-order valence-electron chi connectivity index (χ0n) is 9.13. The predicted octanol–water partition coefficient (Wildman–Crippen LogP) is 1.65. The van der Waals surface area contributed by atoms with E-state index in [0.29, 0.717) is 0 Å². The zero-order valence-corrected chi connectivity index (χ0v) is 9.13. The lowest BCUT2D eigenvalue weighted by Crippen LogP contribution is -2.42. The van der Waals surface area contributed by atoms with E-state index in [0.717, 1.165) is 0 Å². The summed E-state index contributed by atoms with van der Waals surface area (Å²) >= 11 is 0. The van der Waals surface area contributed by atoms with Gasteiger partial charge in [-0.05, 0) is 14.1 Å². The van der Waals surface area contributed by atoms with Gasteiger partial charge < -0.3 is 4.74 Å². The van der Waals surface area contributed by atoms with E-state index in [2.05, 4.69) is 6.58 Å². The lowest BCUT2D eigenvalue weighted by molar-refractivity contribution is -0.161. The van der Waals surface area contributed by atoms with Crippen molar-refractivity contribution >= 4 is 5.97 Å². The standard InChI is InChI=1S/C10H19NO2/c1-7-8(12)13-9(11(5)6)10(2,3)4/h7,9H,1H2,2-6H3. The van der Waals surface area contributed by atoms with E-state index >= 15 is 0 Å². The Morgan fingerprint density at radius 3 is 2.15 bits per heavy atom. The number of rotatable bonds is 3. The van der Waals surface area contributed by atoms with Crippen LogP contribution in [-0.4, -0.2) is 31.2 Å². The molecule has 0 N–H and O–H groups in total. The summed E-state index contributed by atoms with van der Waals surface area (Å²) in [5.74, 6) is -0.381. The quantitative estimate of drug-likeness (QED) is 0.380. The van der Waals surface area contributed by atoms with E-state index in [4.69, 9.17) is 4.74 Å². The SMILES string of the molecule is C=CC(=O)OC(N(C)C)C(C)(C)C. The third kappa shape index (κ3) is 4.08. The third-order valence-corrected chi connectivity index (χ3v) is 1.60. The lowest BCUT2D eigenvalue weighted by Gasteiger charge is -2.34. The largest absolute Gasteiger partial charge is 0.443 e. The fourth-order valence-corrected chi connectivity index (χ4v) is 1.21. The van der Waals surface area contributed by atoms with Crippen molar-refractivity contribution in [2.75, 3.05) is 14.1 Å². The molecule has 1 unspecified atom stereocenters. The van der Waals surface area contributed by atoms with Gasteiger partial charge in [0.1, 0.15) is 0 Å². The number of carbonyl (C=O) groups is 1. The van der Waals surface area contributed by atoms with Gasteiger partial charge in [-0.25, -0.2) is 4.79 Å². The molecule has 0 rings (SSSR count). The summed E-state index contributed by atoms with van der Waals surface area (Å²) < 4.78 is 5.19. The average Bonchev–Trinajstić information content (AvgIpc) is 1.96. The highest BCUT2D eigenvalue weighted by Gasteiger charge is 2.29. The molecule has 3 nitrogen and oxygen atoms in total. The van der Waals surface area contributed by atoms with Crippen molar-refractivity contribution in [3.05, 3.63) is 12.7 Å². The Hall–Kier alpha value is -0.830. The molecule has 13 heavy (non-hydrogen) atoms. The number of hydrogen-bond donors (Lipinski definition) is 0. The van der Waals surface area contributed by atoms with E-state index in [1.165, 1.54) is 6.08 Å². The van der Waals surface area contributed by atoms with Gasteiger partial charge >= 0.3 is 5.97 Å². The molecule has 0 amide bonds. The normalized spacial score (nSPS) is 14.0. The molecule has 0 saturated carbocycles. The summed E-state index contributed by atoms with van der Waals surface area (Å²) in [6.45, 7) is 9.43. The van der Waals surface area contributed by atoms with Gasteiger partial charge in [0.25, 0.3) is 0 Å². The van der Waals surface area contributed by atoms with Crippen LogP contribution in [-0.2, 0) is 9.53 Å². The number of nitrogens with zero attached hydrogens (tertiary/aromatic N) is 1. The molecule has 1 atom stereocenters. The van der Waals surface area contributed by atoms with Crippen LogP contribution in [0.25, 0.3) is 0 Å². The zero-order chi connectivity index (χ0) is 10.6. The lowest BCUT2D eigenvalue weighted by atomic mass is 9.93. The maximum Gasteiger partial charge on any atom is 0.331 e. The van der Waals surface area contributed by atoms with Crippen LogP contribution in [0.4, 0.5) is 0 Å². The molecule has 0 bridgehead atoms. The number of esters is 1. The highest BCUT2D eigenvalue weighted by Crippen LogP contribution is 2.23. The van der Waals surface area contributed by atoms with Crippen LogP contribution >= 0.6 is 0 Å². The molecule has 76 valence electrons. The second-order valence-electron chi connectivity index (χ2n) is 4.32. The van der Waals surface area contributed by atoms with E-state index < -0.39 is 0 Å². The van der Waals surface area contributed by atoms with Gasteiger partial charge in [0.2, 0.25) is 0 Å². The van der Waals surface area contributed by atoms with Crippen LogP contribution in [0.15, 0.2) is 12.7 Å². The van der Waals surface area contributed by atoms with Gasteiger partial charge in [-0.1, -0.05) is 27.4 Å². The number of hydrogen-bond acceptors (Lipinski definition) is 3. The summed E-state index contributed by atoms with van der Waals surface area (Å²) in [7, 11) is 3.76. The van der Waals surface area contributed by atoms with Crippen LogP contribution < -0.4 is 0 Å². The summed E-state index contributed by atoms with van der Waals surface area (Å²) in [5, 5.41) is 0. The first kappa shape index (κ1) is 12.2. The molecule has 0 spiro atoms. The Morgan fingerprint density at radius 2 is 1.92 bits per heavy atom. The molecule has 0 aliphatic rings. The minimum Gasteiger partial charge on any atom is -0.443 e. The van der Waals surface area contributed by atoms with Crippen molar-refractivity contribution < 1.29 is 9.53 Å². The summed E-state index contributed by atoms with van der Waals surface area (Å²) in [6, 6.07) is 0. The molecule has 3 heteroatoms. The monoisotopic (exact) mass is 185 g/mol. The highest BCUT2D eigenvalue weighted by molar-refractivity contribution is 5.81. The maximum absolute atomic E-state index is 11.0. The molecule has 0 heterocycles. The van der Waals surface area contributed by atoms with Gasteiger partial charge in [-0.15, -0.1) is 0 Å². The van der Waals surface area contributed by atoms with Gasteiger partial charge in [-0.2, -0.15) is 0 Å². The Kier molecular flexibility index (Phi) is 4.14. The number of carbonyl (C=O) groups excluding carboxylic acids is 1. The first-order valence-electron chi connectivity index (χ1n) is 4.28. The predicted molar refractivity (Wildman–Crippen MR) is 53.2 cm³/mol. The van der Waals surface area contributed by atoms with Crippen LogP contribution in [0.3, 0.4) is 0 Å². The molecule has 0 aliphatic carbocycles. The molecule has 0 aliphatic heterocycles. The fraction of sp³-hybridized carbons (Fsp3) is 0.700. The van der Waals surface area contributed by atoms with Crippen molar-refractivity contribution in [2.24, 2.45) is 5.41 Å². The second-order valence-corrected chi connectivity index (χ2v) is 4.32. The molecular weight excluding hydrogens is 166 g/mol. The Labute approximate surface area is 80.4 Å². The van der Waals surface area contributed by atoms with Gasteiger partial charge in [0.15, 0.2) is 6.23 Å². The van der Waals surface area contributed by atoms with Crippen LogP contribution in [0, 0.1) is 5.41 Å². The number of ether oxygens (including phenoxy) is 1. The van der Waals surface area contributed by atoms with E-state index in [1.807, 2.05) is 39.8 Å². The van der Waals surface area contributed by atoms with Crippen molar-refractivity contribution in [1.82, 2.24) is 4.90 Å². The summed E-state index contributed by atoms with van der Waals surface area (Å²) in [6.07, 6.45) is 0.959. The van der Waals surface area contributed by atoms with Crippen LogP contribution in [0.5, 0.6) is 0 Å². The van der Waals surface area contributed by atoms with E-state index in [-0.39, 0.29) is 17.6 Å². The average molecular weight is 185 g/mol. The third-order valence-electron chi connectivity index (χ3n) is 1.60. The first-order chi connectivity index (χ1) is 5.79. The topological polar surface area (TPSA) is 29.5 Å². The Morgan fingerprint density at radius 1 is 1.46 bits per heavy atom. The molecule has 0 saturated heterocycles. The smallest absolute Gasteiger partial charge is 0.331 e. The van der Waals surface area contributed by atoms with Crippen molar-refractivity contribution in [1.29, 1.82) is 0 Å². The summed E-state index contributed by atoms with van der Waals surface area (Å²) in [5.41, 5.74) is -0.0951. The minimum absolute atomic E-state index is 0.0951. The second kappa shape index (κ2) is 4.42. The van der Waals surface area contributed by atoms with E-state index in [9.17, 15) is 4.79 Å². The first-order valence-corrected chi connectivity index (χ1v) is 4.28. The fourth-order valence-electron chi connectivity index (χ4n) is 1.21. The molecule has 0 fully saturated rings.